The molecular weight excluding hydrogens is 278 g/mol. The quantitative estimate of drug-likeness (QED) is 0.845. The third kappa shape index (κ3) is 4.72. The Morgan fingerprint density at radius 1 is 1.14 bits per heavy atom. The number of likely N-dealkylation sites (tertiary alicyclic amines) is 1. The lowest BCUT2D eigenvalue weighted by Crippen LogP contribution is -2.44. The summed E-state index contributed by atoms with van der Waals surface area (Å²) in [6.45, 7) is 6.21. The Balaban J connectivity index is 1.80. The second-order valence-electron chi connectivity index (χ2n) is 7.58. The Hall–Kier alpha value is -1.06. The highest BCUT2D eigenvalue weighted by molar-refractivity contribution is 5.79. The number of rotatable bonds is 5. The minimum atomic E-state index is -0.726. The van der Waals surface area contributed by atoms with Crippen molar-refractivity contribution >= 4 is 11.9 Å². The van der Waals surface area contributed by atoms with Gasteiger partial charge in [0.15, 0.2) is 0 Å². The lowest BCUT2D eigenvalue weighted by molar-refractivity contribution is -0.139. The highest BCUT2D eigenvalue weighted by Crippen LogP contribution is 2.35. The maximum Gasteiger partial charge on any atom is 0.303 e. The van der Waals surface area contributed by atoms with E-state index in [-0.39, 0.29) is 12.3 Å². The van der Waals surface area contributed by atoms with E-state index < -0.39 is 5.97 Å². The fourth-order valence-corrected chi connectivity index (χ4v) is 4.12. The zero-order chi connectivity index (χ0) is 16.1. The van der Waals surface area contributed by atoms with Crippen LogP contribution in [-0.2, 0) is 9.59 Å². The van der Waals surface area contributed by atoms with E-state index in [0.717, 1.165) is 50.6 Å². The van der Waals surface area contributed by atoms with Crippen molar-refractivity contribution in [2.75, 3.05) is 13.1 Å². The molecule has 1 saturated heterocycles. The van der Waals surface area contributed by atoms with E-state index in [1.54, 1.807) is 0 Å². The fourth-order valence-electron chi connectivity index (χ4n) is 4.12. The molecule has 0 spiro atoms. The first-order valence-electron chi connectivity index (χ1n) is 8.98. The van der Waals surface area contributed by atoms with Gasteiger partial charge in [-0.15, -0.1) is 0 Å². The van der Waals surface area contributed by atoms with Crippen molar-refractivity contribution in [3.8, 4) is 0 Å². The van der Waals surface area contributed by atoms with E-state index >= 15 is 0 Å². The summed E-state index contributed by atoms with van der Waals surface area (Å²) in [5, 5.41) is 8.81. The molecule has 2 rings (SSSR count). The van der Waals surface area contributed by atoms with Gasteiger partial charge in [0.2, 0.25) is 5.91 Å². The van der Waals surface area contributed by atoms with Crippen molar-refractivity contribution in [1.82, 2.24) is 4.90 Å². The van der Waals surface area contributed by atoms with Crippen LogP contribution in [0.5, 0.6) is 0 Å². The Kier molecular flexibility index (Phi) is 6.27. The van der Waals surface area contributed by atoms with Crippen LogP contribution in [0.4, 0.5) is 0 Å². The highest BCUT2D eigenvalue weighted by atomic mass is 16.4. The third-order valence-electron chi connectivity index (χ3n) is 5.66. The first kappa shape index (κ1) is 17.3. The van der Waals surface area contributed by atoms with Gasteiger partial charge in [-0.05, 0) is 62.7 Å². The zero-order valence-electron chi connectivity index (χ0n) is 14.1. The van der Waals surface area contributed by atoms with Gasteiger partial charge < -0.3 is 10.0 Å². The summed E-state index contributed by atoms with van der Waals surface area (Å²) in [5.74, 6) is 1.71. The van der Waals surface area contributed by atoms with Crippen molar-refractivity contribution in [3.05, 3.63) is 0 Å². The number of hydrogen-bond acceptors (Lipinski definition) is 2. The average molecular weight is 309 g/mol. The Bertz CT molecular complexity index is 386. The lowest BCUT2D eigenvalue weighted by Gasteiger charge is -2.37. The van der Waals surface area contributed by atoms with Crippen LogP contribution in [0.2, 0.25) is 0 Å². The summed E-state index contributed by atoms with van der Waals surface area (Å²) in [6.07, 6.45) is 7.48. The molecule has 1 amide bonds. The smallest absolute Gasteiger partial charge is 0.303 e. The second kappa shape index (κ2) is 7.98. The van der Waals surface area contributed by atoms with Gasteiger partial charge in [-0.1, -0.05) is 13.8 Å². The number of hydrogen-bond donors (Lipinski definition) is 1. The minimum Gasteiger partial charge on any atom is -0.481 e. The zero-order valence-corrected chi connectivity index (χ0v) is 14.1. The molecule has 1 unspecified atom stereocenters. The number of carboxylic acids is 1. The van der Waals surface area contributed by atoms with Gasteiger partial charge in [0.1, 0.15) is 0 Å². The number of carbonyl (C=O) groups is 2. The summed E-state index contributed by atoms with van der Waals surface area (Å²) in [7, 11) is 0. The molecule has 0 aromatic rings. The SMILES string of the molecule is CC(C)C1CCC(C(=O)N2CCCC(CCC(=O)O)C2)CC1. The molecule has 1 atom stereocenters. The molecule has 4 heteroatoms. The van der Waals surface area contributed by atoms with Gasteiger partial charge in [-0.25, -0.2) is 0 Å². The van der Waals surface area contributed by atoms with Crippen molar-refractivity contribution < 1.29 is 14.7 Å². The van der Waals surface area contributed by atoms with Crippen molar-refractivity contribution in [2.45, 2.75) is 65.2 Å². The van der Waals surface area contributed by atoms with Crippen molar-refractivity contribution in [2.24, 2.45) is 23.7 Å². The molecule has 4 nitrogen and oxygen atoms in total. The molecule has 2 fully saturated rings. The predicted molar refractivity (Wildman–Crippen MR) is 86.5 cm³/mol. The number of carboxylic acid groups (broad SMARTS) is 1. The summed E-state index contributed by atoms with van der Waals surface area (Å²) in [4.78, 5) is 25.5. The van der Waals surface area contributed by atoms with Gasteiger partial charge in [-0.2, -0.15) is 0 Å². The molecule has 22 heavy (non-hydrogen) atoms. The first-order valence-corrected chi connectivity index (χ1v) is 8.98. The van der Waals surface area contributed by atoms with E-state index in [2.05, 4.69) is 13.8 Å². The van der Waals surface area contributed by atoms with E-state index in [1.165, 1.54) is 12.8 Å². The number of piperidine rings is 1. The van der Waals surface area contributed by atoms with Crippen LogP contribution < -0.4 is 0 Å². The van der Waals surface area contributed by atoms with Crippen LogP contribution in [-0.4, -0.2) is 35.0 Å². The topological polar surface area (TPSA) is 57.6 Å². The van der Waals surface area contributed by atoms with Gasteiger partial charge in [-0.3, -0.25) is 9.59 Å². The predicted octanol–water partition coefficient (Wildman–Crippen LogP) is 3.55. The lowest BCUT2D eigenvalue weighted by atomic mass is 9.76. The Morgan fingerprint density at radius 2 is 1.82 bits per heavy atom. The van der Waals surface area contributed by atoms with Crippen molar-refractivity contribution in [3.63, 3.8) is 0 Å². The number of nitrogens with zero attached hydrogens (tertiary/aromatic N) is 1. The number of carbonyl (C=O) groups excluding carboxylic acids is 1. The summed E-state index contributed by atoms with van der Waals surface area (Å²) in [5.41, 5.74) is 0. The van der Waals surface area contributed by atoms with Gasteiger partial charge in [0.25, 0.3) is 0 Å². The van der Waals surface area contributed by atoms with Crippen LogP contribution in [0.15, 0.2) is 0 Å². The number of amides is 1. The highest BCUT2D eigenvalue weighted by Gasteiger charge is 2.32. The summed E-state index contributed by atoms with van der Waals surface area (Å²) in [6, 6.07) is 0. The molecule has 1 heterocycles. The monoisotopic (exact) mass is 309 g/mol. The minimum absolute atomic E-state index is 0.216. The Labute approximate surface area is 134 Å². The van der Waals surface area contributed by atoms with Crippen LogP contribution >= 0.6 is 0 Å². The van der Waals surface area contributed by atoms with Gasteiger partial charge in [0, 0.05) is 25.4 Å². The second-order valence-corrected chi connectivity index (χ2v) is 7.58. The van der Waals surface area contributed by atoms with E-state index in [4.69, 9.17) is 5.11 Å². The summed E-state index contributed by atoms with van der Waals surface area (Å²) < 4.78 is 0. The molecular formula is C18H31NO3. The van der Waals surface area contributed by atoms with E-state index in [1.807, 2.05) is 4.90 Å². The molecule has 0 bridgehead atoms. The molecule has 2 aliphatic rings. The van der Waals surface area contributed by atoms with Gasteiger partial charge >= 0.3 is 5.97 Å². The van der Waals surface area contributed by atoms with Crippen LogP contribution in [0.1, 0.15) is 65.2 Å². The molecule has 0 aromatic heterocycles. The first-order chi connectivity index (χ1) is 10.5. The summed E-state index contributed by atoms with van der Waals surface area (Å²) >= 11 is 0. The fraction of sp³-hybridized carbons (Fsp3) is 0.889. The average Bonchev–Trinajstić information content (AvgIpc) is 2.52. The Morgan fingerprint density at radius 3 is 2.41 bits per heavy atom. The normalized spacial score (nSPS) is 29.6. The molecule has 1 aliphatic heterocycles. The molecule has 0 radical (unpaired) electrons. The maximum absolute atomic E-state index is 12.7. The third-order valence-corrected chi connectivity index (χ3v) is 5.66. The molecule has 1 saturated carbocycles. The molecule has 1 aliphatic carbocycles. The van der Waals surface area contributed by atoms with E-state index in [9.17, 15) is 9.59 Å². The van der Waals surface area contributed by atoms with Crippen LogP contribution in [0.3, 0.4) is 0 Å². The van der Waals surface area contributed by atoms with E-state index in [0.29, 0.717) is 18.2 Å². The molecule has 126 valence electrons. The molecule has 1 N–H and O–H groups in total. The van der Waals surface area contributed by atoms with Crippen LogP contribution in [0.25, 0.3) is 0 Å². The standard InChI is InChI=1S/C18H31NO3/c1-13(2)15-6-8-16(9-7-15)18(22)19-11-3-4-14(12-19)5-10-17(20)21/h13-16H,3-12H2,1-2H3,(H,20,21). The van der Waals surface area contributed by atoms with Crippen molar-refractivity contribution in [1.29, 1.82) is 0 Å². The molecule has 0 aromatic carbocycles. The largest absolute Gasteiger partial charge is 0.481 e. The van der Waals surface area contributed by atoms with Crippen LogP contribution in [0, 0.1) is 23.7 Å². The van der Waals surface area contributed by atoms with Gasteiger partial charge in [0.05, 0.1) is 0 Å². The number of aliphatic carboxylic acids is 1. The maximum atomic E-state index is 12.7.